The lowest BCUT2D eigenvalue weighted by molar-refractivity contribution is -0.141. The number of nitrogens with one attached hydrogen (secondary N) is 2. The van der Waals surface area contributed by atoms with Crippen molar-refractivity contribution in [2.45, 2.75) is 13.1 Å². The molecule has 0 saturated heterocycles. The largest absolute Gasteiger partial charge is 0.513 e. The average Bonchev–Trinajstić information content (AvgIpc) is 2.88. The minimum Gasteiger partial charge on any atom is -0.513 e. The molecule has 0 unspecified atom stereocenters. The summed E-state index contributed by atoms with van der Waals surface area (Å²) in [7, 11) is 0. The van der Waals surface area contributed by atoms with Crippen LogP contribution in [0.5, 0.6) is 0 Å². The number of hydrogen-bond acceptors (Lipinski definition) is 4. The summed E-state index contributed by atoms with van der Waals surface area (Å²) in [5.41, 5.74) is -1.59. The summed E-state index contributed by atoms with van der Waals surface area (Å²) < 4.78 is 37.1. The van der Waals surface area contributed by atoms with Crippen molar-refractivity contribution in [1.82, 2.24) is 15.5 Å². The summed E-state index contributed by atoms with van der Waals surface area (Å²) >= 11 is 1.49. The van der Waals surface area contributed by atoms with Crippen molar-refractivity contribution in [3.05, 3.63) is 41.9 Å². The molecule has 0 aromatic carbocycles. The SMILES string of the molecule is C=C/C=C(/C)O.CSCCNC(=O)c1cn[nH]c1C(F)(F)F. The molecule has 0 aliphatic carbocycles. The molecule has 0 atom stereocenters. The lowest BCUT2D eigenvalue weighted by Gasteiger charge is -2.07. The minimum absolute atomic E-state index is 0.296. The monoisotopic (exact) mass is 337 g/mol. The van der Waals surface area contributed by atoms with Gasteiger partial charge in [-0.05, 0) is 19.3 Å². The van der Waals surface area contributed by atoms with Gasteiger partial charge in [-0.2, -0.15) is 30.0 Å². The number of alkyl halides is 3. The molecule has 0 aliphatic rings. The zero-order valence-electron chi connectivity index (χ0n) is 12.2. The number of nitrogens with zero attached hydrogens (tertiary/aromatic N) is 1. The van der Waals surface area contributed by atoms with E-state index in [0.717, 1.165) is 6.20 Å². The van der Waals surface area contributed by atoms with Crippen molar-refractivity contribution >= 4 is 17.7 Å². The Labute approximate surface area is 130 Å². The summed E-state index contributed by atoms with van der Waals surface area (Å²) in [6, 6.07) is 0. The molecule has 3 N–H and O–H groups in total. The van der Waals surface area contributed by atoms with Gasteiger partial charge in [-0.25, -0.2) is 0 Å². The maximum absolute atomic E-state index is 12.4. The molecule has 9 heteroatoms. The van der Waals surface area contributed by atoms with Gasteiger partial charge >= 0.3 is 6.18 Å². The van der Waals surface area contributed by atoms with E-state index in [9.17, 15) is 18.0 Å². The lowest BCUT2D eigenvalue weighted by Crippen LogP contribution is -2.27. The van der Waals surface area contributed by atoms with Crippen LogP contribution in [0.3, 0.4) is 0 Å². The topological polar surface area (TPSA) is 78.0 Å². The van der Waals surface area contributed by atoms with E-state index in [0.29, 0.717) is 18.1 Å². The molecule has 0 radical (unpaired) electrons. The summed E-state index contributed by atoms with van der Waals surface area (Å²) in [5, 5.41) is 15.7. The molecule has 1 rings (SSSR count). The highest BCUT2D eigenvalue weighted by Crippen LogP contribution is 2.29. The highest BCUT2D eigenvalue weighted by Gasteiger charge is 2.37. The Kier molecular flexibility index (Phi) is 9.07. The molecule has 1 aromatic rings. The molecular formula is C13H18F3N3O2S. The van der Waals surface area contributed by atoms with Crippen molar-refractivity contribution in [3.8, 4) is 0 Å². The highest BCUT2D eigenvalue weighted by atomic mass is 32.2. The number of thioether (sulfide) groups is 1. The van der Waals surface area contributed by atoms with Crippen molar-refractivity contribution in [2.24, 2.45) is 0 Å². The Morgan fingerprint density at radius 1 is 1.59 bits per heavy atom. The quantitative estimate of drug-likeness (QED) is 0.438. The molecule has 1 amide bonds. The van der Waals surface area contributed by atoms with Gasteiger partial charge in [-0.15, -0.1) is 0 Å². The smallest absolute Gasteiger partial charge is 0.433 e. The van der Waals surface area contributed by atoms with Crippen LogP contribution in [0.1, 0.15) is 23.0 Å². The predicted octanol–water partition coefficient (Wildman–Crippen LogP) is 3.16. The summed E-state index contributed by atoms with van der Waals surface area (Å²) in [6.07, 6.45) is 1.18. The van der Waals surface area contributed by atoms with Crippen molar-refractivity contribution in [3.63, 3.8) is 0 Å². The Hall–Kier alpha value is -1.90. The summed E-state index contributed by atoms with van der Waals surface area (Å²) in [5.74, 6) is 0.172. The third kappa shape index (κ3) is 7.77. The second-order valence-electron chi connectivity index (χ2n) is 3.95. The zero-order valence-corrected chi connectivity index (χ0v) is 13.0. The van der Waals surface area contributed by atoms with E-state index in [-0.39, 0.29) is 0 Å². The van der Waals surface area contributed by atoms with Crippen LogP contribution in [0.4, 0.5) is 13.2 Å². The van der Waals surface area contributed by atoms with Crippen LogP contribution in [-0.2, 0) is 6.18 Å². The summed E-state index contributed by atoms with van der Waals surface area (Å²) in [4.78, 5) is 11.4. The van der Waals surface area contributed by atoms with E-state index in [2.05, 4.69) is 17.0 Å². The zero-order chi connectivity index (χ0) is 17.2. The Morgan fingerprint density at radius 3 is 2.64 bits per heavy atom. The second kappa shape index (κ2) is 9.93. The van der Waals surface area contributed by atoms with E-state index in [1.54, 1.807) is 12.0 Å². The number of rotatable bonds is 5. The van der Waals surface area contributed by atoms with E-state index in [1.165, 1.54) is 23.9 Å². The number of carbonyl (C=O) groups is 1. The maximum atomic E-state index is 12.4. The Balaban J connectivity index is 0.000000626. The highest BCUT2D eigenvalue weighted by molar-refractivity contribution is 7.98. The number of aromatic nitrogens is 2. The van der Waals surface area contributed by atoms with E-state index >= 15 is 0 Å². The van der Waals surface area contributed by atoms with Crippen LogP contribution in [0, 0.1) is 0 Å². The normalized spacial score (nSPS) is 11.4. The molecular weight excluding hydrogens is 319 g/mol. The van der Waals surface area contributed by atoms with Gasteiger partial charge in [0.1, 0.15) is 0 Å². The van der Waals surface area contributed by atoms with Gasteiger partial charge in [0.25, 0.3) is 5.91 Å². The first-order valence-corrected chi connectivity index (χ1v) is 7.49. The predicted molar refractivity (Wildman–Crippen MR) is 80.9 cm³/mol. The van der Waals surface area contributed by atoms with Gasteiger partial charge in [0, 0.05) is 12.3 Å². The number of aromatic amines is 1. The van der Waals surface area contributed by atoms with E-state index < -0.39 is 23.3 Å². The fourth-order valence-electron chi connectivity index (χ4n) is 1.21. The number of aliphatic hydroxyl groups is 1. The number of hydrogen-bond donors (Lipinski definition) is 3. The molecule has 0 spiro atoms. The third-order valence-electron chi connectivity index (χ3n) is 2.12. The first-order valence-electron chi connectivity index (χ1n) is 6.10. The number of aliphatic hydroxyl groups excluding tert-OH is 1. The number of halogens is 3. The van der Waals surface area contributed by atoms with Crippen molar-refractivity contribution in [1.29, 1.82) is 0 Å². The molecule has 1 aromatic heterocycles. The summed E-state index contributed by atoms with van der Waals surface area (Å²) in [6.45, 7) is 5.29. The third-order valence-corrected chi connectivity index (χ3v) is 2.73. The molecule has 0 aliphatic heterocycles. The fourth-order valence-corrected chi connectivity index (χ4v) is 1.51. The van der Waals surface area contributed by atoms with Crippen LogP contribution in [0.2, 0.25) is 0 Å². The molecule has 5 nitrogen and oxygen atoms in total. The Bertz CT molecular complexity index is 509. The first kappa shape index (κ1) is 20.1. The molecule has 0 saturated carbocycles. The fraction of sp³-hybridized carbons (Fsp3) is 0.385. The number of allylic oxidation sites excluding steroid dienone is 3. The van der Waals surface area contributed by atoms with E-state index in [1.807, 2.05) is 6.26 Å². The molecule has 0 bridgehead atoms. The van der Waals surface area contributed by atoms with Gasteiger partial charge in [0.2, 0.25) is 0 Å². The molecule has 1 heterocycles. The molecule has 124 valence electrons. The van der Waals surface area contributed by atoms with Gasteiger partial charge in [0.05, 0.1) is 17.5 Å². The standard InChI is InChI=1S/C8H10F3N3OS.C5H8O/c1-16-3-2-12-7(15)5-4-13-14-6(5)8(9,10)11;1-3-4-5(2)6/h4H,2-3H2,1H3,(H,12,15)(H,13,14);3-4,6H,1H2,2H3/b;5-4-. The molecule has 22 heavy (non-hydrogen) atoms. The average molecular weight is 337 g/mol. The van der Waals surface area contributed by atoms with Crippen molar-refractivity contribution in [2.75, 3.05) is 18.6 Å². The van der Waals surface area contributed by atoms with Gasteiger partial charge in [-0.1, -0.05) is 12.7 Å². The van der Waals surface area contributed by atoms with Gasteiger partial charge < -0.3 is 10.4 Å². The van der Waals surface area contributed by atoms with Crippen LogP contribution >= 0.6 is 11.8 Å². The minimum atomic E-state index is -4.59. The van der Waals surface area contributed by atoms with Crippen LogP contribution < -0.4 is 5.32 Å². The number of amides is 1. The van der Waals surface area contributed by atoms with E-state index in [4.69, 9.17) is 5.11 Å². The lowest BCUT2D eigenvalue weighted by atomic mass is 10.2. The Morgan fingerprint density at radius 2 is 2.23 bits per heavy atom. The van der Waals surface area contributed by atoms with Crippen LogP contribution in [0.15, 0.2) is 30.7 Å². The van der Waals surface area contributed by atoms with Gasteiger partial charge in [-0.3, -0.25) is 9.89 Å². The maximum Gasteiger partial charge on any atom is 0.433 e. The van der Waals surface area contributed by atoms with Crippen LogP contribution in [-0.4, -0.2) is 39.8 Å². The van der Waals surface area contributed by atoms with Crippen molar-refractivity contribution < 1.29 is 23.1 Å². The second-order valence-corrected chi connectivity index (χ2v) is 4.93. The van der Waals surface area contributed by atoms with Gasteiger partial charge in [0.15, 0.2) is 5.69 Å². The molecule has 0 fully saturated rings. The number of H-pyrrole nitrogens is 1. The van der Waals surface area contributed by atoms with Crippen LogP contribution in [0.25, 0.3) is 0 Å². The first-order chi connectivity index (χ1) is 10.2. The number of carbonyl (C=O) groups excluding carboxylic acids is 1.